The van der Waals surface area contributed by atoms with Crippen LogP contribution in [0.15, 0.2) is 18.2 Å². The molecule has 0 radical (unpaired) electrons. The van der Waals surface area contributed by atoms with E-state index in [0.717, 1.165) is 18.5 Å². The van der Waals surface area contributed by atoms with Gasteiger partial charge in [-0.2, -0.15) is 4.68 Å². The normalized spacial score (nSPS) is 14.6. The van der Waals surface area contributed by atoms with Crippen LogP contribution in [0, 0.1) is 0 Å². The zero-order valence-electron chi connectivity index (χ0n) is 9.43. The predicted octanol–water partition coefficient (Wildman–Crippen LogP) is 2.28. The second-order valence-electron chi connectivity index (χ2n) is 4.26. The van der Waals surface area contributed by atoms with Crippen molar-refractivity contribution in [3.05, 3.63) is 35.2 Å². The van der Waals surface area contributed by atoms with E-state index in [1.54, 1.807) is 4.68 Å². The minimum Gasteiger partial charge on any atom is -0.196 e. The molecule has 0 aliphatic heterocycles. The maximum absolute atomic E-state index is 5.84. The zero-order valence-corrected chi connectivity index (χ0v) is 10.2. The number of rotatable bonds is 2. The van der Waals surface area contributed by atoms with E-state index in [1.807, 2.05) is 0 Å². The van der Waals surface area contributed by atoms with Crippen molar-refractivity contribution < 1.29 is 0 Å². The number of nitrogens with zero attached hydrogens (tertiary/aromatic N) is 4. The molecule has 4 nitrogen and oxygen atoms in total. The lowest BCUT2D eigenvalue weighted by Crippen LogP contribution is -2.10. The second-order valence-corrected chi connectivity index (χ2v) is 4.53. The molecule has 0 amide bonds. The summed E-state index contributed by atoms with van der Waals surface area (Å²) in [5.74, 6) is 1.03. The molecule has 0 saturated heterocycles. The van der Waals surface area contributed by atoms with Crippen LogP contribution in [0.2, 0.25) is 0 Å². The van der Waals surface area contributed by atoms with Gasteiger partial charge in [-0.3, -0.25) is 0 Å². The van der Waals surface area contributed by atoms with Gasteiger partial charge in [-0.15, -0.1) is 16.7 Å². The van der Waals surface area contributed by atoms with Gasteiger partial charge in [0, 0.05) is 0 Å². The van der Waals surface area contributed by atoms with Gasteiger partial charge in [0.15, 0.2) is 5.82 Å². The summed E-state index contributed by atoms with van der Waals surface area (Å²) in [6.45, 7) is 0. The summed E-state index contributed by atoms with van der Waals surface area (Å²) in [5, 5.41) is 11.7. The molecule has 88 valence electrons. The first-order valence-corrected chi connectivity index (χ1v) is 6.38. The first kappa shape index (κ1) is 10.7. The van der Waals surface area contributed by atoms with Gasteiger partial charge >= 0.3 is 0 Å². The van der Waals surface area contributed by atoms with E-state index in [-0.39, 0.29) is 0 Å². The third-order valence-electron chi connectivity index (χ3n) is 3.25. The Morgan fingerprint density at radius 2 is 2.12 bits per heavy atom. The Balaban J connectivity index is 2.14. The average molecular weight is 249 g/mol. The van der Waals surface area contributed by atoms with Crippen LogP contribution in [-0.4, -0.2) is 20.2 Å². The number of tetrazole rings is 1. The van der Waals surface area contributed by atoms with E-state index in [4.69, 9.17) is 11.6 Å². The van der Waals surface area contributed by atoms with Gasteiger partial charge < -0.3 is 0 Å². The lowest BCUT2D eigenvalue weighted by atomic mass is 9.90. The second kappa shape index (κ2) is 4.45. The van der Waals surface area contributed by atoms with Gasteiger partial charge in [0.05, 0.1) is 11.6 Å². The predicted molar refractivity (Wildman–Crippen MR) is 65.4 cm³/mol. The number of aromatic nitrogens is 4. The first-order valence-electron chi connectivity index (χ1n) is 5.84. The molecule has 17 heavy (non-hydrogen) atoms. The van der Waals surface area contributed by atoms with E-state index in [2.05, 4.69) is 33.7 Å². The Kier molecular flexibility index (Phi) is 2.81. The summed E-state index contributed by atoms with van der Waals surface area (Å²) in [4.78, 5) is 0. The van der Waals surface area contributed by atoms with Gasteiger partial charge in [-0.25, -0.2) is 0 Å². The Hall–Kier alpha value is -1.42. The summed E-state index contributed by atoms with van der Waals surface area (Å²) >= 11 is 5.84. The van der Waals surface area contributed by atoms with Gasteiger partial charge in [0.25, 0.3) is 0 Å². The number of hydrogen-bond donors (Lipinski definition) is 0. The number of aryl methyl sites for hydroxylation is 1. The van der Waals surface area contributed by atoms with E-state index in [1.165, 1.54) is 24.0 Å². The topological polar surface area (TPSA) is 43.6 Å². The fourth-order valence-corrected chi connectivity index (χ4v) is 2.60. The number of benzene rings is 1. The quantitative estimate of drug-likeness (QED) is 0.766. The molecule has 1 heterocycles. The zero-order chi connectivity index (χ0) is 11.7. The third kappa shape index (κ3) is 1.82. The van der Waals surface area contributed by atoms with Crippen LogP contribution in [0.1, 0.15) is 29.8 Å². The van der Waals surface area contributed by atoms with Crippen LogP contribution in [0.3, 0.4) is 0 Å². The van der Waals surface area contributed by atoms with Gasteiger partial charge in [0.1, 0.15) is 0 Å². The van der Waals surface area contributed by atoms with Crippen molar-refractivity contribution in [3.63, 3.8) is 0 Å². The molecule has 0 N–H and O–H groups in total. The Morgan fingerprint density at radius 1 is 1.24 bits per heavy atom. The minimum atomic E-state index is 0.330. The molecule has 1 aromatic heterocycles. The third-order valence-corrected chi connectivity index (χ3v) is 3.49. The summed E-state index contributed by atoms with van der Waals surface area (Å²) < 4.78 is 1.76. The molecule has 0 fully saturated rings. The number of fused-ring (bicyclic) bond motifs is 1. The number of halogens is 1. The highest BCUT2D eigenvalue weighted by Gasteiger charge is 2.16. The number of alkyl halides is 1. The lowest BCUT2D eigenvalue weighted by molar-refractivity contribution is 0.671. The highest BCUT2D eigenvalue weighted by molar-refractivity contribution is 6.16. The fourth-order valence-electron chi connectivity index (χ4n) is 2.44. The maximum Gasteiger partial charge on any atom is 0.171 e. The van der Waals surface area contributed by atoms with Crippen molar-refractivity contribution in [1.29, 1.82) is 0 Å². The molecule has 0 unspecified atom stereocenters. The molecular weight excluding hydrogens is 236 g/mol. The smallest absolute Gasteiger partial charge is 0.171 e. The molecule has 1 aliphatic carbocycles. The Morgan fingerprint density at radius 3 is 3.00 bits per heavy atom. The van der Waals surface area contributed by atoms with E-state index < -0.39 is 0 Å². The molecule has 3 rings (SSSR count). The largest absolute Gasteiger partial charge is 0.196 e. The molecule has 5 heteroatoms. The van der Waals surface area contributed by atoms with Crippen molar-refractivity contribution in [2.24, 2.45) is 0 Å². The maximum atomic E-state index is 5.84. The molecular formula is C12H13ClN4. The van der Waals surface area contributed by atoms with E-state index in [0.29, 0.717) is 11.7 Å². The molecule has 0 spiro atoms. The van der Waals surface area contributed by atoms with Crippen molar-refractivity contribution >= 4 is 11.6 Å². The number of hydrogen-bond acceptors (Lipinski definition) is 3. The van der Waals surface area contributed by atoms with Gasteiger partial charge in [-0.05, 0) is 53.3 Å². The summed E-state index contributed by atoms with van der Waals surface area (Å²) in [6.07, 6.45) is 4.77. The van der Waals surface area contributed by atoms with Crippen LogP contribution in [0.25, 0.3) is 5.69 Å². The van der Waals surface area contributed by atoms with Crippen molar-refractivity contribution in [1.82, 2.24) is 20.2 Å². The molecule has 2 aromatic rings. The SMILES string of the molecule is ClCc1nnnn1-c1cccc2c1CCCC2. The summed E-state index contributed by atoms with van der Waals surface area (Å²) in [6, 6.07) is 6.33. The van der Waals surface area contributed by atoms with Crippen molar-refractivity contribution in [3.8, 4) is 5.69 Å². The van der Waals surface area contributed by atoms with Crippen LogP contribution < -0.4 is 0 Å². The molecule has 0 atom stereocenters. The van der Waals surface area contributed by atoms with Crippen LogP contribution in [-0.2, 0) is 18.7 Å². The monoisotopic (exact) mass is 248 g/mol. The lowest BCUT2D eigenvalue weighted by Gasteiger charge is -2.19. The fraction of sp³-hybridized carbons (Fsp3) is 0.417. The average Bonchev–Trinajstić information content (AvgIpc) is 2.86. The van der Waals surface area contributed by atoms with Crippen molar-refractivity contribution in [2.45, 2.75) is 31.6 Å². The summed E-state index contributed by atoms with van der Waals surface area (Å²) in [7, 11) is 0. The van der Waals surface area contributed by atoms with Crippen molar-refractivity contribution in [2.75, 3.05) is 0 Å². The highest BCUT2D eigenvalue weighted by Crippen LogP contribution is 2.26. The van der Waals surface area contributed by atoms with E-state index >= 15 is 0 Å². The van der Waals surface area contributed by atoms with E-state index in [9.17, 15) is 0 Å². The standard InChI is InChI=1S/C12H13ClN4/c13-8-12-14-15-16-17(12)11-7-3-5-9-4-1-2-6-10(9)11/h3,5,7H,1-2,4,6,8H2. The minimum absolute atomic E-state index is 0.330. The molecule has 0 saturated carbocycles. The first-order chi connectivity index (χ1) is 8.40. The van der Waals surface area contributed by atoms with Crippen LogP contribution >= 0.6 is 11.6 Å². The van der Waals surface area contributed by atoms with Gasteiger partial charge in [-0.1, -0.05) is 12.1 Å². The molecule has 1 aliphatic rings. The summed E-state index contributed by atoms with van der Waals surface area (Å²) in [5.41, 5.74) is 3.88. The Bertz CT molecular complexity index is 535. The Labute approximate surface area is 105 Å². The van der Waals surface area contributed by atoms with Crippen LogP contribution in [0.5, 0.6) is 0 Å². The van der Waals surface area contributed by atoms with Gasteiger partial charge in [0.2, 0.25) is 0 Å². The highest BCUT2D eigenvalue weighted by atomic mass is 35.5. The molecule has 0 bridgehead atoms. The van der Waals surface area contributed by atoms with Crippen LogP contribution in [0.4, 0.5) is 0 Å². The molecule has 1 aromatic carbocycles.